The number of hydrogen-bond acceptors (Lipinski definition) is 7. The molecule has 3 N–H and O–H groups in total. The van der Waals surface area contributed by atoms with Gasteiger partial charge in [-0.05, 0) is 25.1 Å². The third-order valence-electron chi connectivity index (χ3n) is 3.71. The summed E-state index contributed by atoms with van der Waals surface area (Å²) >= 11 is 0. The number of hydrazine groups is 1. The van der Waals surface area contributed by atoms with E-state index in [1.165, 1.54) is 12.1 Å². The minimum Gasteiger partial charge on any atom is -0.324 e. The minimum atomic E-state index is -2.96. The SMILES string of the molecule is CN(Cc1cc([N+](=O)[O-])ccc1NN)C1CCS(=O)(=O)C1. The van der Waals surface area contributed by atoms with E-state index >= 15 is 0 Å². The second-order valence-electron chi connectivity index (χ2n) is 5.21. The van der Waals surface area contributed by atoms with E-state index in [-0.39, 0.29) is 23.2 Å². The van der Waals surface area contributed by atoms with Crippen molar-refractivity contribution in [2.45, 2.75) is 19.0 Å². The van der Waals surface area contributed by atoms with Crippen molar-refractivity contribution in [2.75, 3.05) is 24.0 Å². The average molecular weight is 314 g/mol. The summed E-state index contributed by atoms with van der Waals surface area (Å²) in [6.45, 7) is 0.390. The molecule has 1 aliphatic rings. The summed E-state index contributed by atoms with van der Waals surface area (Å²) in [6.07, 6.45) is 0.582. The Morgan fingerprint density at radius 2 is 2.24 bits per heavy atom. The number of anilines is 1. The molecule has 1 saturated heterocycles. The van der Waals surface area contributed by atoms with Crippen LogP contribution in [-0.4, -0.2) is 42.8 Å². The van der Waals surface area contributed by atoms with Crippen LogP contribution in [0.15, 0.2) is 18.2 Å². The molecular formula is C12H18N4O4S. The van der Waals surface area contributed by atoms with Gasteiger partial charge in [-0.15, -0.1) is 0 Å². The molecule has 0 aliphatic carbocycles. The lowest BCUT2D eigenvalue weighted by atomic mass is 10.1. The lowest BCUT2D eigenvalue weighted by Crippen LogP contribution is -2.32. The Morgan fingerprint density at radius 1 is 1.52 bits per heavy atom. The zero-order valence-electron chi connectivity index (χ0n) is 11.7. The molecule has 1 aromatic carbocycles. The van der Waals surface area contributed by atoms with Crippen LogP contribution in [0.2, 0.25) is 0 Å². The largest absolute Gasteiger partial charge is 0.324 e. The zero-order chi connectivity index (χ0) is 15.6. The molecule has 1 atom stereocenters. The van der Waals surface area contributed by atoms with E-state index in [1.807, 2.05) is 11.9 Å². The van der Waals surface area contributed by atoms with Crippen LogP contribution in [0.3, 0.4) is 0 Å². The Morgan fingerprint density at radius 3 is 2.76 bits per heavy atom. The van der Waals surface area contributed by atoms with Gasteiger partial charge in [0.2, 0.25) is 0 Å². The maximum Gasteiger partial charge on any atom is 0.269 e. The monoisotopic (exact) mass is 314 g/mol. The van der Waals surface area contributed by atoms with Crippen LogP contribution < -0.4 is 11.3 Å². The van der Waals surface area contributed by atoms with E-state index in [1.54, 1.807) is 6.07 Å². The molecule has 0 amide bonds. The Kier molecular flexibility index (Phi) is 4.45. The predicted molar refractivity (Wildman–Crippen MR) is 79.4 cm³/mol. The number of nitrogen functional groups attached to an aromatic ring is 1. The third kappa shape index (κ3) is 3.69. The standard InChI is InChI=1S/C12H18N4O4S/c1-15(11-4-5-21(19,20)8-11)7-9-6-10(16(17)18)2-3-12(9)14-13/h2-3,6,11,14H,4-5,7-8,13H2,1H3. The second-order valence-corrected chi connectivity index (χ2v) is 7.44. The lowest BCUT2D eigenvalue weighted by molar-refractivity contribution is -0.384. The molecular weight excluding hydrogens is 296 g/mol. The van der Waals surface area contributed by atoms with Gasteiger partial charge in [0.05, 0.1) is 22.1 Å². The number of benzene rings is 1. The smallest absolute Gasteiger partial charge is 0.269 e. The Balaban J connectivity index is 2.18. The number of nitrogens with one attached hydrogen (secondary N) is 1. The molecule has 2 rings (SSSR count). The van der Waals surface area contributed by atoms with Gasteiger partial charge in [0, 0.05) is 24.7 Å². The van der Waals surface area contributed by atoms with Crippen molar-refractivity contribution in [3.63, 3.8) is 0 Å². The van der Waals surface area contributed by atoms with Crippen LogP contribution in [0.25, 0.3) is 0 Å². The van der Waals surface area contributed by atoms with Gasteiger partial charge in [-0.1, -0.05) is 0 Å². The number of nitrogens with zero attached hydrogens (tertiary/aromatic N) is 2. The van der Waals surface area contributed by atoms with Crippen LogP contribution in [-0.2, 0) is 16.4 Å². The molecule has 116 valence electrons. The van der Waals surface area contributed by atoms with Crippen molar-refractivity contribution >= 4 is 21.2 Å². The van der Waals surface area contributed by atoms with E-state index in [0.717, 1.165) is 0 Å². The summed E-state index contributed by atoms with van der Waals surface area (Å²) in [5.41, 5.74) is 3.75. The molecule has 0 spiro atoms. The molecule has 1 heterocycles. The Bertz CT molecular complexity index is 647. The van der Waals surface area contributed by atoms with E-state index < -0.39 is 14.8 Å². The van der Waals surface area contributed by atoms with Crippen molar-refractivity contribution in [1.29, 1.82) is 0 Å². The fourth-order valence-electron chi connectivity index (χ4n) is 2.49. The van der Waals surface area contributed by atoms with Crippen molar-refractivity contribution in [3.05, 3.63) is 33.9 Å². The van der Waals surface area contributed by atoms with Crippen LogP contribution in [0, 0.1) is 10.1 Å². The summed E-state index contributed by atoms with van der Waals surface area (Å²) < 4.78 is 23.0. The summed E-state index contributed by atoms with van der Waals surface area (Å²) in [7, 11) is -1.15. The maximum atomic E-state index is 11.5. The molecule has 1 aromatic rings. The Labute approximate surface area is 123 Å². The topological polar surface area (TPSA) is 119 Å². The maximum absolute atomic E-state index is 11.5. The fourth-order valence-corrected chi connectivity index (χ4v) is 4.29. The first kappa shape index (κ1) is 15.7. The van der Waals surface area contributed by atoms with Gasteiger partial charge in [0.25, 0.3) is 5.69 Å². The van der Waals surface area contributed by atoms with E-state index in [2.05, 4.69) is 5.43 Å². The molecule has 0 radical (unpaired) electrons. The normalized spacial score (nSPS) is 20.6. The average Bonchev–Trinajstić information content (AvgIpc) is 2.79. The summed E-state index contributed by atoms with van der Waals surface area (Å²) in [5.74, 6) is 5.74. The molecule has 1 unspecified atom stereocenters. The number of nitrogens with two attached hydrogens (primary N) is 1. The number of nitro benzene ring substituents is 1. The number of nitro groups is 1. The minimum absolute atomic E-state index is 0.0172. The molecule has 8 nitrogen and oxygen atoms in total. The molecule has 1 aliphatic heterocycles. The number of rotatable bonds is 5. The molecule has 0 bridgehead atoms. The van der Waals surface area contributed by atoms with Gasteiger partial charge in [0.15, 0.2) is 9.84 Å². The molecule has 9 heteroatoms. The zero-order valence-corrected chi connectivity index (χ0v) is 12.5. The molecule has 21 heavy (non-hydrogen) atoms. The van der Waals surface area contributed by atoms with Gasteiger partial charge in [0.1, 0.15) is 0 Å². The second kappa shape index (κ2) is 5.96. The summed E-state index contributed by atoms with van der Waals surface area (Å²) in [5, 5.41) is 10.8. The van der Waals surface area contributed by atoms with Crippen LogP contribution in [0.1, 0.15) is 12.0 Å². The first-order valence-corrected chi connectivity index (χ1v) is 8.29. The highest BCUT2D eigenvalue weighted by molar-refractivity contribution is 7.91. The highest BCUT2D eigenvalue weighted by Gasteiger charge is 2.30. The van der Waals surface area contributed by atoms with E-state index in [0.29, 0.717) is 24.2 Å². The summed E-state index contributed by atoms with van der Waals surface area (Å²) in [6, 6.07) is 4.31. The number of hydrogen-bond donors (Lipinski definition) is 2. The number of sulfone groups is 1. The van der Waals surface area contributed by atoms with Gasteiger partial charge < -0.3 is 5.43 Å². The highest BCUT2D eigenvalue weighted by Crippen LogP contribution is 2.25. The first-order chi connectivity index (χ1) is 9.82. The molecule has 1 fully saturated rings. The van der Waals surface area contributed by atoms with Crippen LogP contribution in [0.5, 0.6) is 0 Å². The van der Waals surface area contributed by atoms with Gasteiger partial charge in [-0.2, -0.15) is 0 Å². The van der Waals surface area contributed by atoms with Gasteiger partial charge >= 0.3 is 0 Å². The fraction of sp³-hybridized carbons (Fsp3) is 0.500. The molecule has 0 aromatic heterocycles. The molecule has 0 saturated carbocycles. The van der Waals surface area contributed by atoms with Crippen LogP contribution >= 0.6 is 0 Å². The van der Waals surface area contributed by atoms with Crippen molar-refractivity contribution in [2.24, 2.45) is 5.84 Å². The van der Waals surface area contributed by atoms with Crippen molar-refractivity contribution in [1.82, 2.24) is 4.90 Å². The number of non-ortho nitro benzene ring substituents is 1. The van der Waals surface area contributed by atoms with E-state index in [9.17, 15) is 18.5 Å². The van der Waals surface area contributed by atoms with Gasteiger partial charge in [-0.3, -0.25) is 20.9 Å². The van der Waals surface area contributed by atoms with Crippen molar-refractivity contribution < 1.29 is 13.3 Å². The first-order valence-electron chi connectivity index (χ1n) is 6.47. The summed E-state index contributed by atoms with van der Waals surface area (Å²) in [4.78, 5) is 12.3. The third-order valence-corrected chi connectivity index (χ3v) is 5.46. The Hall–Kier alpha value is -1.71. The lowest BCUT2D eigenvalue weighted by Gasteiger charge is -2.24. The van der Waals surface area contributed by atoms with Crippen molar-refractivity contribution in [3.8, 4) is 0 Å². The van der Waals surface area contributed by atoms with E-state index in [4.69, 9.17) is 5.84 Å². The van der Waals surface area contributed by atoms with Gasteiger partial charge in [-0.25, -0.2) is 8.42 Å². The van der Waals surface area contributed by atoms with Crippen LogP contribution in [0.4, 0.5) is 11.4 Å². The highest BCUT2D eigenvalue weighted by atomic mass is 32.2. The predicted octanol–water partition coefficient (Wildman–Crippen LogP) is 0.499. The quantitative estimate of drug-likeness (QED) is 0.461.